The van der Waals surface area contributed by atoms with Crippen molar-refractivity contribution in [2.75, 3.05) is 50.7 Å². The number of methoxy groups -OCH3 is 2. The molecule has 8 nitrogen and oxygen atoms in total. The summed E-state index contributed by atoms with van der Waals surface area (Å²) < 4.78 is 15.4. The van der Waals surface area contributed by atoms with Gasteiger partial charge in [-0.15, -0.1) is 0 Å². The minimum absolute atomic E-state index is 0.285. The molecule has 0 radical (unpaired) electrons. The fourth-order valence-electron chi connectivity index (χ4n) is 3.71. The number of aromatic nitrogens is 1. The lowest BCUT2D eigenvalue weighted by Gasteiger charge is -2.30. The van der Waals surface area contributed by atoms with Crippen molar-refractivity contribution in [1.29, 1.82) is 0 Å². The van der Waals surface area contributed by atoms with E-state index in [0.717, 1.165) is 29.7 Å². The molecule has 4 rings (SSSR count). The molecule has 1 aliphatic rings. The minimum Gasteiger partial charge on any atom is -0.497 e. The van der Waals surface area contributed by atoms with Gasteiger partial charge in [-0.25, -0.2) is 9.78 Å². The van der Waals surface area contributed by atoms with Crippen molar-refractivity contribution in [3.63, 3.8) is 0 Å². The van der Waals surface area contributed by atoms with Crippen molar-refractivity contribution in [1.82, 2.24) is 4.98 Å². The van der Waals surface area contributed by atoms with Crippen molar-refractivity contribution in [2.24, 2.45) is 0 Å². The molecule has 3 aromatic rings. The number of morpholine rings is 1. The monoisotopic (exact) mass is 447 g/mol. The number of anilines is 2. The number of carbonyl (C=O) groups is 2. The maximum atomic E-state index is 13.0. The molecular weight excluding hydrogens is 422 g/mol. The molecule has 8 heteroatoms. The number of hydrogen-bond acceptors (Lipinski definition) is 7. The topological polar surface area (TPSA) is 90.0 Å². The van der Waals surface area contributed by atoms with Crippen LogP contribution in [-0.4, -0.2) is 57.4 Å². The van der Waals surface area contributed by atoms with Gasteiger partial charge in [0, 0.05) is 35.8 Å². The molecule has 2 heterocycles. The summed E-state index contributed by atoms with van der Waals surface area (Å²) in [7, 11) is 2.77. The highest BCUT2D eigenvalue weighted by Gasteiger charge is 2.16. The molecule has 0 atom stereocenters. The lowest BCUT2D eigenvalue weighted by atomic mass is 10.1. The maximum Gasteiger partial charge on any atom is 0.411 e. The second kappa shape index (κ2) is 10.1. The molecule has 2 aromatic carbocycles. The van der Waals surface area contributed by atoms with E-state index in [4.69, 9.17) is 14.5 Å². The predicted molar refractivity (Wildman–Crippen MR) is 127 cm³/mol. The van der Waals surface area contributed by atoms with Gasteiger partial charge in [0.1, 0.15) is 5.75 Å². The smallest absolute Gasteiger partial charge is 0.411 e. The Morgan fingerprint density at radius 3 is 2.64 bits per heavy atom. The van der Waals surface area contributed by atoms with E-state index in [1.54, 1.807) is 24.3 Å². The van der Waals surface area contributed by atoms with Crippen molar-refractivity contribution in [3.05, 3.63) is 65.9 Å². The third-order valence-electron chi connectivity index (χ3n) is 5.39. The second-order valence-electron chi connectivity index (χ2n) is 7.41. The van der Waals surface area contributed by atoms with Crippen molar-refractivity contribution >= 4 is 40.2 Å². The number of carbonyl (C=O) groups excluding carboxylic acids is 2. The van der Waals surface area contributed by atoms with Crippen molar-refractivity contribution < 1.29 is 23.8 Å². The Kier molecular flexibility index (Phi) is 6.85. The van der Waals surface area contributed by atoms with Crippen molar-refractivity contribution in [2.45, 2.75) is 0 Å². The van der Waals surface area contributed by atoms with Crippen LogP contribution in [0, 0.1) is 0 Å². The number of benzene rings is 2. The highest BCUT2D eigenvalue weighted by Crippen LogP contribution is 2.28. The van der Waals surface area contributed by atoms with E-state index in [-0.39, 0.29) is 5.78 Å². The van der Waals surface area contributed by atoms with Gasteiger partial charge in [0.25, 0.3) is 0 Å². The molecule has 1 fully saturated rings. The zero-order valence-electron chi connectivity index (χ0n) is 18.5. The van der Waals surface area contributed by atoms with Gasteiger partial charge in [0.05, 0.1) is 44.3 Å². The fourth-order valence-corrected chi connectivity index (χ4v) is 3.71. The summed E-state index contributed by atoms with van der Waals surface area (Å²) >= 11 is 0. The minimum atomic E-state index is -0.673. The maximum absolute atomic E-state index is 13.0. The van der Waals surface area contributed by atoms with E-state index in [1.165, 1.54) is 20.3 Å². The first kappa shape index (κ1) is 22.3. The standard InChI is InChI=1S/C25H25N3O5/c1-31-18-8-9-20(22(16-18)27-25(30)32-2)24(29)10-7-17-15-23(28-11-13-33-14-12-28)19-5-3-4-6-21(19)26-17/h3-10,15-16H,11-14H2,1-2H3,(H,27,30). The van der Waals surface area contributed by atoms with E-state index < -0.39 is 6.09 Å². The average Bonchev–Trinajstić information content (AvgIpc) is 2.87. The number of nitrogens with zero attached hydrogens (tertiary/aromatic N) is 2. The van der Waals surface area contributed by atoms with Gasteiger partial charge >= 0.3 is 6.09 Å². The van der Waals surface area contributed by atoms with E-state index in [2.05, 4.69) is 15.0 Å². The zero-order chi connectivity index (χ0) is 23.2. The third kappa shape index (κ3) is 5.12. The summed E-state index contributed by atoms with van der Waals surface area (Å²) in [6, 6.07) is 14.8. The van der Waals surface area contributed by atoms with Crippen LogP contribution in [0.25, 0.3) is 17.0 Å². The summed E-state index contributed by atoms with van der Waals surface area (Å²) in [5.74, 6) is 0.222. The summed E-state index contributed by atoms with van der Waals surface area (Å²) in [6.45, 7) is 2.94. The first-order valence-electron chi connectivity index (χ1n) is 10.6. The number of rotatable bonds is 6. The number of amides is 1. The number of para-hydroxylation sites is 1. The third-order valence-corrected chi connectivity index (χ3v) is 5.39. The summed E-state index contributed by atoms with van der Waals surface area (Å²) in [6.07, 6.45) is 2.46. The van der Waals surface area contributed by atoms with Crippen LogP contribution >= 0.6 is 0 Å². The van der Waals surface area contributed by atoms with E-state index in [1.807, 2.05) is 30.3 Å². The number of ether oxygens (including phenoxy) is 3. The molecule has 0 spiro atoms. The van der Waals surface area contributed by atoms with Gasteiger partial charge < -0.3 is 19.1 Å². The molecule has 0 saturated carbocycles. The number of fused-ring (bicyclic) bond motifs is 1. The molecule has 1 amide bonds. The molecular formula is C25H25N3O5. The Bertz CT molecular complexity index is 1200. The van der Waals surface area contributed by atoms with Crippen LogP contribution in [0.4, 0.5) is 16.2 Å². The molecule has 0 bridgehead atoms. The Morgan fingerprint density at radius 1 is 1.09 bits per heavy atom. The van der Waals surface area contributed by atoms with Crippen LogP contribution in [0.3, 0.4) is 0 Å². The number of hydrogen-bond donors (Lipinski definition) is 1. The van der Waals surface area contributed by atoms with Crippen LogP contribution < -0.4 is 15.0 Å². The molecule has 0 unspecified atom stereocenters. The molecule has 33 heavy (non-hydrogen) atoms. The Morgan fingerprint density at radius 2 is 1.88 bits per heavy atom. The van der Waals surface area contributed by atoms with Gasteiger partial charge in [-0.3, -0.25) is 10.1 Å². The van der Waals surface area contributed by atoms with Gasteiger partial charge in [-0.05, 0) is 36.4 Å². The lowest BCUT2D eigenvalue weighted by Crippen LogP contribution is -2.36. The Balaban J connectivity index is 1.66. The molecule has 1 aromatic heterocycles. The Hall–Kier alpha value is -3.91. The fraction of sp³-hybridized carbons (Fsp3) is 0.240. The number of nitrogens with one attached hydrogen (secondary N) is 1. The SMILES string of the molecule is COC(=O)Nc1cc(OC)ccc1C(=O)C=Cc1cc(N2CCOCC2)c2ccccc2n1. The predicted octanol–water partition coefficient (Wildman–Crippen LogP) is 4.15. The highest BCUT2D eigenvalue weighted by molar-refractivity contribution is 6.12. The highest BCUT2D eigenvalue weighted by atomic mass is 16.5. The van der Waals surface area contributed by atoms with E-state index in [0.29, 0.717) is 35.9 Å². The van der Waals surface area contributed by atoms with Gasteiger partial charge in [-0.2, -0.15) is 0 Å². The van der Waals surface area contributed by atoms with Gasteiger partial charge in [0.2, 0.25) is 0 Å². The molecule has 170 valence electrons. The van der Waals surface area contributed by atoms with Crippen LogP contribution in [-0.2, 0) is 9.47 Å². The summed E-state index contributed by atoms with van der Waals surface area (Å²) in [5.41, 5.74) is 3.20. The average molecular weight is 447 g/mol. The number of allylic oxidation sites excluding steroid dienone is 1. The molecule has 0 aliphatic carbocycles. The second-order valence-corrected chi connectivity index (χ2v) is 7.41. The molecule has 1 saturated heterocycles. The number of pyridine rings is 1. The van der Waals surface area contributed by atoms with Crippen LogP contribution in [0.2, 0.25) is 0 Å². The normalized spacial score (nSPS) is 13.8. The summed E-state index contributed by atoms with van der Waals surface area (Å²) in [4.78, 5) is 31.7. The van der Waals surface area contributed by atoms with E-state index >= 15 is 0 Å². The first-order valence-corrected chi connectivity index (χ1v) is 10.6. The van der Waals surface area contributed by atoms with Gasteiger partial charge in [0.15, 0.2) is 5.78 Å². The summed E-state index contributed by atoms with van der Waals surface area (Å²) in [5, 5.41) is 3.62. The van der Waals surface area contributed by atoms with Crippen LogP contribution in [0.1, 0.15) is 16.1 Å². The van der Waals surface area contributed by atoms with Crippen molar-refractivity contribution in [3.8, 4) is 5.75 Å². The molecule has 1 aliphatic heterocycles. The Labute approximate surface area is 191 Å². The quantitative estimate of drug-likeness (QED) is 0.448. The van der Waals surface area contributed by atoms with Gasteiger partial charge in [-0.1, -0.05) is 18.2 Å². The van der Waals surface area contributed by atoms with E-state index in [9.17, 15) is 9.59 Å². The largest absolute Gasteiger partial charge is 0.497 e. The number of ketones is 1. The first-order chi connectivity index (χ1) is 16.1. The lowest BCUT2D eigenvalue weighted by molar-refractivity contribution is 0.104. The van der Waals surface area contributed by atoms with Crippen LogP contribution in [0.5, 0.6) is 5.75 Å². The van der Waals surface area contributed by atoms with Crippen LogP contribution in [0.15, 0.2) is 54.6 Å². The molecule has 1 N–H and O–H groups in total. The zero-order valence-corrected chi connectivity index (χ0v) is 18.5.